The lowest BCUT2D eigenvalue weighted by molar-refractivity contribution is -0.145. The van der Waals surface area contributed by atoms with Gasteiger partial charge in [-0.05, 0) is 39.2 Å². The highest BCUT2D eigenvalue weighted by molar-refractivity contribution is 5.84. The van der Waals surface area contributed by atoms with Crippen LogP contribution in [0.2, 0.25) is 0 Å². The SMILES string of the molecule is CCCN1CCCC2(CCN(CCn3ccnc3C)C2)C1=O. The standard InChI is InChI=1S/C17H28N4O/c1-3-8-21-9-4-5-17(16(21)22)6-10-19(14-17)12-13-20-11-7-18-15(20)2/h7,11H,3-6,8-10,12-14H2,1-2H3. The lowest BCUT2D eigenvalue weighted by Crippen LogP contribution is -2.50. The fraction of sp³-hybridized carbons (Fsp3) is 0.765. The predicted octanol–water partition coefficient (Wildman–Crippen LogP) is 1.92. The van der Waals surface area contributed by atoms with Crippen molar-refractivity contribution in [1.82, 2.24) is 19.4 Å². The van der Waals surface area contributed by atoms with Gasteiger partial charge in [0, 0.05) is 45.1 Å². The Kier molecular flexibility index (Phi) is 4.52. The molecule has 0 saturated carbocycles. The van der Waals surface area contributed by atoms with E-state index in [0.717, 1.165) is 64.4 Å². The number of hydrogen-bond donors (Lipinski definition) is 0. The van der Waals surface area contributed by atoms with Crippen molar-refractivity contribution < 1.29 is 4.79 Å². The fourth-order valence-corrected chi connectivity index (χ4v) is 4.05. The molecular weight excluding hydrogens is 276 g/mol. The first kappa shape index (κ1) is 15.5. The molecule has 122 valence electrons. The van der Waals surface area contributed by atoms with Crippen LogP contribution in [0.1, 0.15) is 38.4 Å². The highest BCUT2D eigenvalue weighted by Crippen LogP contribution is 2.40. The number of nitrogens with zero attached hydrogens (tertiary/aromatic N) is 4. The summed E-state index contributed by atoms with van der Waals surface area (Å²) in [5.41, 5.74) is -0.0859. The van der Waals surface area contributed by atoms with Crippen LogP contribution in [0.4, 0.5) is 0 Å². The number of imidazole rings is 1. The van der Waals surface area contributed by atoms with Gasteiger partial charge in [0.1, 0.15) is 5.82 Å². The Balaban J connectivity index is 1.58. The molecule has 1 atom stereocenters. The molecule has 2 aliphatic heterocycles. The van der Waals surface area contributed by atoms with Gasteiger partial charge in [0.15, 0.2) is 0 Å². The second-order valence-electron chi connectivity index (χ2n) is 6.87. The summed E-state index contributed by atoms with van der Waals surface area (Å²) in [5, 5.41) is 0. The Hall–Kier alpha value is -1.36. The maximum absolute atomic E-state index is 12.9. The predicted molar refractivity (Wildman–Crippen MR) is 86.6 cm³/mol. The lowest BCUT2D eigenvalue weighted by atomic mass is 9.78. The zero-order valence-corrected chi connectivity index (χ0v) is 13.9. The molecule has 1 aromatic rings. The average molecular weight is 304 g/mol. The van der Waals surface area contributed by atoms with E-state index in [0.29, 0.717) is 5.91 Å². The molecule has 0 N–H and O–H groups in total. The van der Waals surface area contributed by atoms with Crippen LogP contribution in [-0.2, 0) is 11.3 Å². The third kappa shape index (κ3) is 2.91. The van der Waals surface area contributed by atoms with Gasteiger partial charge in [0.25, 0.3) is 0 Å². The van der Waals surface area contributed by atoms with Crippen LogP contribution in [0.3, 0.4) is 0 Å². The number of carbonyl (C=O) groups excluding carboxylic acids is 1. The van der Waals surface area contributed by atoms with E-state index in [2.05, 4.69) is 26.3 Å². The van der Waals surface area contributed by atoms with Crippen molar-refractivity contribution in [1.29, 1.82) is 0 Å². The van der Waals surface area contributed by atoms with Gasteiger partial charge >= 0.3 is 0 Å². The van der Waals surface area contributed by atoms with E-state index in [1.54, 1.807) is 0 Å². The van der Waals surface area contributed by atoms with E-state index >= 15 is 0 Å². The topological polar surface area (TPSA) is 41.4 Å². The smallest absolute Gasteiger partial charge is 0.230 e. The van der Waals surface area contributed by atoms with Crippen molar-refractivity contribution in [2.45, 2.75) is 46.1 Å². The molecule has 0 radical (unpaired) electrons. The minimum Gasteiger partial charge on any atom is -0.342 e. The van der Waals surface area contributed by atoms with E-state index in [1.165, 1.54) is 6.42 Å². The molecule has 5 nitrogen and oxygen atoms in total. The number of piperidine rings is 1. The summed E-state index contributed by atoms with van der Waals surface area (Å²) in [5.74, 6) is 1.48. The quantitative estimate of drug-likeness (QED) is 0.834. The van der Waals surface area contributed by atoms with Crippen molar-refractivity contribution in [3.05, 3.63) is 18.2 Å². The van der Waals surface area contributed by atoms with Gasteiger partial charge in [-0.1, -0.05) is 6.92 Å². The summed E-state index contributed by atoms with van der Waals surface area (Å²) in [4.78, 5) is 21.7. The highest BCUT2D eigenvalue weighted by atomic mass is 16.2. The summed E-state index contributed by atoms with van der Waals surface area (Å²) in [6.45, 7) is 10.1. The van der Waals surface area contributed by atoms with Crippen molar-refractivity contribution >= 4 is 5.91 Å². The zero-order valence-electron chi connectivity index (χ0n) is 13.9. The molecule has 0 bridgehead atoms. The molecule has 0 aliphatic carbocycles. The van der Waals surface area contributed by atoms with Crippen LogP contribution >= 0.6 is 0 Å². The van der Waals surface area contributed by atoms with E-state index in [-0.39, 0.29) is 5.41 Å². The molecule has 2 fully saturated rings. The minimum atomic E-state index is -0.0859. The molecule has 3 heterocycles. The molecule has 1 spiro atoms. The second-order valence-corrected chi connectivity index (χ2v) is 6.87. The summed E-state index contributed by atoms with van der Waals surface area (Å²) in [6, 6.07) is 0. The summed E-state index contributed by atoms with van der Waals surface area (Å²) >= 11 is 0. The molecule has 2 aliphatic rings. The van der Waals surface area contributed by atoms with Crippen LogP contribution in [-0.4, -0.2) is 58.0 Å². The van der Waals surface area contributed by atoms with Gasteiger partial charge in [-0.2, -0.15) is 0 Å². The average Bonchev–Trinajstić information content (AvgIpc) is 3.10. The molecule has 5 heteroatoms. The molecule has 1 aromatic heterocycles. The number of carbonyl (C=O) groups is 1. The first-order valence-corrected chi connectivity index (χ1v) is 8.64. The van der Waals surface area contributed by atoms with Crippen LogP contribution in [0.5, 0.6) is 0 Å². The maximum Gasteiger partial charge on any atom is 0.230 e. The number of hydrogen-bond acceptors (Lipinski definition) is 3. The van der Waals surface area contributed by atoms with E-state index < -0.39 is 0 Å². The van der Waals surface area contributed by atoms with Crippen LogP contribution in [0, 0.1) is 12.3 Å². The first-order valence-electron chi connectivity index (χ1n) is 8.64. The Morgan fingerprint density at radius 2 is 2.09 bits per heavy atom. The largest absolute Gasteiger partial charge is 0.342 e. The number of aromatic nitrogens is 2. The van der Waals surface area contributed by atoms with Gasteiger partial charge in [0.2, 0.25) is 5.91 Å². The third-order valence-electron chi connectivity index (χ3n) is 5.33. The first-order chi connectivity index (χ1) is 10.6. The van der Waals surface area contributed by atoms with Crippen molar-refractivity contribution in [3.63, 3.8) is 0 Å². The van der Waals surface area contributed by atoms with Gasteiger partial charge in [-0.25, -0.2) is 4.98 Å². The molecule has 1 unspecified atom stereocenters. The summed E-state index contributed by atoms with van der Waals surface area (Å²) in [7, 11) is 0. The van der Waals surface area contributed by atoms with Crippen molar-refractivity contribution in [3.8, 4) is 0 Å². The van der Waals surface area contributed by atoms with Crippen LogP contribution < -0.4 is 0 Å². The van der Waals surface area contributed by atoms with E-state index in [9.17, 15) is 4.79 Å². The Morgan fingerprint density at radius 1 is 1.23 bits per heavy atom. The molecule has 0 aromatic carbocycles. The van der Waals surface area contributed by atoms with Crippen LogP contribution in [0.25, 0.3) is 0 Å². The monoisotopic (exact) mass is 304 g/mol. The van der Waals surface area contributed by atoms with E-state index in [4.69, 9.17) is 0 Å². The minimum absolute atomic E-state index is 0.0859. The Labute approximate surface area is 133 Å². The van der Waals surface area contributed by atoms with Gasteiger partial charge in [-0.3, -0.25) is 4.79 Å². The highest BCUT2D eigenvalue weighted by Gasteiger charge is 2.47. The molecule has 3 rings (SSSR count). The summed E-state index contributed by atoms with van der Waals surface area (Å²) < 4.78 is 2.19. The van der Waals surface area contributed by atoms with Gasteiger partial charge < -0.3 is 14.4 Å². The zero-order chi connectivity index (χ0) is 15.6. The normalized spacial score (nSPS) is 26.3. The molecular formula is C17H28N4O. The van der Waals surface area contributed by atoms with Crippen molar-refractivity contribution in [2.24, 2.45) is 5.41 Å². The maximum atomic E-state index is 12.9. The van der Waals surface area contributed by atoms with Crippen LogP contribution in [0.15, 0.2) is 12.4 Å². The molecule has 22 heavy (non-hydrogen) atoms. The van der Waals surface area contributed by atoms with Gasteiger partial charge in [-0.15, -0.1) is 0 Å². The summed E-state index contributed by atoms with van der Waals surface area (Å²) in [6.07, 6.45) is 8.23. The lowest BCUT2D eigenvalue weighted by Gasteiger charge is -2.39. The number of amides is 1. The molecule has 2 saturated heterocycles. The Bertz CT molecular complexity index is 524. The second kappa shape index (κ2) is 6.41. The number of likely N-dealkylation sites (tertiary alicyclic amines) is 2. The Morgan fingerprint density at radius 3 is 2.82 bits per heavy atom. The third-order valence-corrected chi connectivity index (χ3v) is 5.33. The van der Waals surface area contributed by atoms with E-state index in [1.807, 2.05) is 19.3 Å². The fourth-order valence-electron chi connectivity index (χ4n) is 4.05. The van der Waals surface area contributed by atoms with Crippen molar-refractivity contribution in [2.75, 3.05) is 32.7 Å². The van der Waals surface area contributed by atoms with Gasteiger partial charge in [0.05, 0.1) is 5.41 Å². The molecule has 1 amide bonds. The number of aryl methyl sites for hydroxylation is 1. The number of rotatable bonds is 5.